The molecular formula is C18H35NO3. The van der Waals surface area contributed by atoms with Crippen LogP contribution >= 0.6 is 0 Å². The van der Waals surface area contributed by atoms with Crippen LogP contribution in [-0.4, -0.2) is 37.0 Å². The maximum atomic E-state index is 12.3. The predicted molar refractivity (Wildman–Crippen MR) is 90.7 cm³/mol. The highest BCUT2D eigenvalue weighted by atomic mass is 16.5. The van der Waals surface area contributed by atoms with E-state index in [1.807, 2.05) is 11.8 Å². The van der Waals surface area contributed by atoms with E-state index in [0.717, 1.165) is 25.8 Å². The maximum absolute atomic E-state index is 12.3. The number of hydrogen-bond acceptors (Lipinski definition) is 3. The molecule has 0 radical (unpaired) electrons. The fourth-order valence-corrected chi connectivity index (χ4v) is 2.59. The van der Waals surface area contributed by atoms with E-state index in [-0.39, 0.29) is 17.8 Å². The van der Waals surface area contributed by atoms with E-state index in [4.69, 9.17) is 4.74 Å². The maximum Gasteiger partial charge on any atom is 0.310 e. The van der Waals surface area contributed by atoms with Gasteiger partial charge in [-0.15, -0.1) is 0 Å². The Kier molecular flexibility index (Phi) is 12.9. The van der Waals surface area contributed by atoms with Gasteiger partial charge in [0.2, 0.25) is 5.91 Å². The summed E-state index contributed by atoms with van der Waals surface area (Å²) in [6.45, 7) is 7.27. The molecule has 0 saturated heterocycles. The molecule has 1 unspecified atom stereocenters. The molecule has 130 valence electrons. The summed E-state index contributed by atoms with van der Waals surface area (Å²) < 4.78 is 4.74. The van der Waals surface area contributed by atoms with E-state index in [2.05, 4.69) is 13.8 Å². The number of carbonyl (C=O) groups excluding carboxylic acids is 2. The molecule has 0 rings (SSSR count). The van der Waals surface area contributed by atoms with Crippen LogP contribution in [0.5, 0.6) is 0 Å². The average Bonchev–Trinajstić information content (AvgIpc) is 2.52. The number of carbonyl (C=O) groups is 2. The molecule has 0 aromatic heterocycles. The van der Waals surface area contributed by atoms with E-state index < -0.39 is 0 Å². The molecule has 0 aliphatic heterocycles. The van der Waals surface area contributed by atoms with Crippen molar-refractivity contribution in [2.45, 2.75) is 78.6 Å². The third kappa shape index (κ3) is 9.80. The lowest BCUT2D eigenvalue weighted by molar-refractivity contribution is -0.146. The number of ether oxygens (including phenoxy) is 1. The molecule has 0 bridgehead atoms. The molecule has 0 fully saturated rings. The van der Waals surface area contributed by atoms with Crippen molar-refractivity contribution in [1.29, 1.82) is 0 Å². The molecule has 4 nitrogen and oxygen atoms in total. The first-order valence-corrected chi connectivity index (χ1v) is 8.92. The summed E-state index contributed by atoms with van der Waals surface area (Å²) >= 11 is 0. The Hall–Kier alpha value is -1.06. The molecule has 0 heterocycles. The summed E-state index contributed by atoms with van der Waals surface area (Å²) in [6.07, 6.45) is 9.98. The second-order valence-electron chi connectivity index (χ2n) is 6.14. The lowest BCUT2D eigenvalue weighted by Crippen LogP contribution is -2.37. The van der Waals surface area contributed by atoms with E-state index in [1.54, 1.807) is 0 Å². The zero-order valence-corrected chi connectivity index (χ0v) is 15.0. The Labute approximate surface area is 136 Å². The van der Waals surface area contributed by atoms with Gasteiger partial charge in [0.15, 0.2) is 0 Å². The lowest BCUT2D eigenvalue weighted by Gasteiger charge is -2.24. The van der Waals surface area contributed by atoms with Gasteiger partial charge in [-0.1, -0.05) is 59.3 Å². The van der Waals surface area contributed by atoms with E-state index in [9.17, 15) is 9.59 Å². The van der Waals surface area contributed by atoms with Crippen LogP contribution in [0, 0.1) is 5.92 Å². The van der Waals surface area contributed by atoms with Gasteiger partial charge < -0.3 is 9.64 Å². The van der Waals surface area contributed by atoms with Gasteiger partial charge in [-0.05, 0) is 12.8 Å². The average molecular weight is 313 g/mol. The van der Waals surface area contributed by atoms with Crippen molar-refractivity contribution in [1.82, 2.24) is 4.90 Å². The fraction of sp³-hybridized carbons (Fsp3) is 0.889. The smallest absolute Gasteiger partial charge is 0.310 e. The monoisotopic (exact) mass is 313 g/mol. The Balaban J connectivity index is 4.01. The summed E-state index contributed by atoms with van der Waals surface area (Å²) in [5, 5.41) is 0. The Morgan fingerprint density at radius 2 is 1.55 bits per heavy atom. The molecule has 22 heavy (non-hydrogen) atoms. The first-order chi connectivity index (χ1) is 10.6. The Bertz CT molecular complexity index is 305. The lowest BCUT2D eigenvalue weighted by atomic mass is 10.1. The van der Waals surface area contributed by atoms with Gasteiger partial charge in [-0.2, -0.15) is 0 Å². The van der Waals surface area contributed by atoms with Crippen molar-refractivity contribution in [2.75, 3.05) is 20.2 Å². The van der Waals surface area contributed by atoms with Crippen molar-refractivity contribution < 1.29 is 14.3 Å². The van der Waals surface area contributed by atoms with Crippen molar-refractivity contribution >= 4 is 11.9 Å². The number of amides is 1. The highest BCUT2D eigenvalue weighted by Gasteiger charge is 2.20. The Morgan fingerprint density at radius 3 is 2.09 bits per heavy atom. The third-order valence-corrected chi connectivity index (χ3v) is 3.94. The quantitative estimate of drug-likeness (QED) is 0.378. The number of methoxy groups -OCH3 is 1. The first-order valence-electron chi connectivity index (χ1n) is 8.92. The third-order valence-electron chi connectivity index (χ3n) is 3.94. The minimum Gasteiger partial charge on any atom is -0.469 e. The SMILES string of the molecule is CCCCCCCCCC(=O)N(CCC)CC(C)C(=O)OC. The van der Waals surface area contributed by atoms with Gasteiger partial charge in [0.05, 0.1) is 13.0 Å². The van der Waals surface area contributed by atoms with Crippen LogP contribution in [0.3, 0.4) is 0 Å². The molecule has 0 aromatic carbocycles. The molecule has 4 heteroatoms. The Morgan fingerprint density at radius 1 is 0.955 bits per heavy atom. The van der Waals surface area contributed by atoms with Crippen molar-refractivity contribution in [2.24, 2.45) is 5.92 Å². The fourth-order valence-electron chi connectivity index (χ4n) is 2.59. The zero-order chi connectivity index (χ0) is 16.8. The zero-order valence-electron chi connectivity index (χ0n) is 15.0. The van der Waals surface area contributed by atoms with Gasteiger partial charge in [0, 0.05) is 19.5 Å². The molecule has 0 N–H and O–H groups in total. The topological polar surface area (TPSA) is 46.6 Å². The van der Waals surface area contributed by atoms with Crippen LogP contribution in [0.2, 0.25) is 0 Å². The normalized spacial score (nSPS) is 12.0. The van der Waals surface area contributed by atoms with E-state index in [1.165, 1.54) is 39.2 Å². The van der Waals surface area contributed by atoms with Crippen LogP contribution in [0.15, 0.2) is 0 Å². The van der Waals surface area contributed by atoms with Gasteiger partial charge in [-0.25, -0.2) is 0 Å². The molecule has 0 saturated carbocycles. The number of esters is 1. The second kappa shape index (κ2) is 13.6. The molecule has 0 aliphatic carbocycles. The van der Waals surface area contributed by atoms with Gasteiger partial charge >= 0.3 is 5.97 Å². The van der Waals surface area contributed by atoms with Crippen molar-refractivity contribution in [3.63, 3.8) is 0 Å². The largest absolute Gasteiger partial charge is 0.469 e. The summed E-state index contributed by atoms with van der Waals surface area (Å²) in [5.74, 6) is -0.328. The molecule has 1 amide bonds. The van der Waals surface area contributed by atoms with Crippen LogP contribution < -0.4 is 0 Å². The highest BCUT2D eigenvalue weighted by molar-refractivity contribution is 5.77. The minimum atomic E-state index is -0.255. The summed E-state index contributed by atoms with van der Waals surface area (Å²) in [5.41, 5.74) is 0. The molecule has 0 aromatic rings. The molecular weight excluding hydrogens is 278 g/mol. The molecule has 0 spiro atoms. The van der Waals surface area contributed by atoms with Crippen LogP contribution in [0.25, 0.3) is 0 Å². The number of rotatable bonds is 13. The number of unbranched alkanes of at least 4 members (excludes halogenated alkanes) is 6. The van der Waals surface area contributed by atoms with Crippen molar-refractivity contribution in [3.8, 4) is 0 Å². The van der Waals surface area contributed by atoms with Crippen LogP contribution in [0.1, 0.15) is 78.6 Å². The molecule has 1 atom stereocenters. The van der Waals surface area contributed by atoms with Gasteiger partial charge in [0.25, 0.3) is 0 Å². The highest BCUT2D eigenvalue weighted by Crippen LogP contribution is 2.11. The first kappa shape index (κ1) is 20.9. The summed E-state index contributed by atoms with van der Waals surface area (Å²) in [4.78, 5) is 25.6. The number of hydrogen-bond donors (Lipinski definition) is 0. The van der Waals surface area contributed by atoms with E-state index in [0.29, 0.717) is 13.0 Å². The minimum absolute atomic E-state index is 0.172. The van der Waals surface area contributed by atoms with Crippen LogP contribution in [-0.2, 0) is 14.3 Å². The van der Waals surface area contributed by atoms with Gasteiger partial charge in [-0.3, -0.25) is 9.59 Å². The van der Waals surface area contributed by atoms with Crippen molar-refractivity contribution in [3.05, 3.63) is 0 Å². The second-order valence-corrected chi connectivity index (χ2v) is 6.14. The number of nitrogens with zero attached hydrogens (tertiary/aromatic N) is 1. The van der Waals surface area contributed by atoms with Crippen LogP contribution in [0.4, 0.5) is 0 Å². The summed E-state index contributed by atoms with van der Waals surface area (Å²) in [6, 6.07) is 0. The van der Waals surface area contributed by atoms with Gasteiger partial charge in [0.1, 0.15) is 0 Å². The van der Waals surface area contributed by atoms with E-state index >= 15 is 0 Å². The standard InChI is InChI=1S/C18H35NO3/c1-5-7-8-9-10-11-12-13-17(20)19(14-6-2)15-16(3)18(21)22-4/h16H,5-15H2,1-4H3. The predicted octanol–water partition coefficient (Wildman–Crippen LogP) is 4.17. The molecule has 0 aliphatic rings. The summed E-state index contributed by atoms with van der Waals surface area (Å²) in [7, 11) is 1.39.